The van der Waals surface area contributed by atoms with Gasteiger partial charge in [-0.15, -0.1) is 0 Å². The maximum Gasteiger partial charge on any atom is 0.125 e. The SMILES string of the molecule is Cc1nc(C)c(C(C)CNC(C)(C)C)c(C)n1. The van der Waals surface area contributed by atoms with Crippen LogP contribution in [0.5, 0.6) is 0 Å². The summed E-state index contributed by atoms with van der Waals surface area (Å²) in [5.41, 5.74) is 3.66. The summed E-state index contributed by atoms with van der Waals surface area (Å²) in [6, 6.07) is 0. The summed E-state index contributed by atoms with van der Waals surface area (Å²) >= 11 is 0. The Morgan fingerprint density at radius 3 is 1.94 bits per heavy atom. The van der Waals surface area contributed by atoms with Crippen molar-refractivity contribution in [1.82, 2.24) is 15.3 Å². The summed E-state index contributed by atoms with van der Waals surface area (Å²) < 4.78 is 0. The van der Waals surface area contributed by atoms with Gasteiger partial charge in [0.25, 0.3) is 0 Å². The van der Waals surface area contributed by atoms with E-state index in [1.807, 2.05) is 6.92 Å². The summed E-state index contributed by atoms with van der Waals surface area (Å²) in [6.07, 6.45) is 0. The van der Waals surface area contributed by atoms with E-state index in [-0.39, 0.29) is 5.54 Å². The Morgan fingerprint density at radius 2 is 1.53 bits per heavy atom. The smallest absolute Gasteiger partial charge is 0.125 e. The van der Waals surface area contributed by atoms with Crippen molar-refractivity contribution in [1.29, 1.82) is 0 Å². The quantitative estimate of drug-likeness (QED) is 0.875. The van der Waals surface area contributed by atoms with Crippen molar-refractivity contribution in [3.8, 4) is 0 Å². The van der Waals surface area contributed by atoms with Crippen LogP contribution in [0.2, 0.25) is 0 Å². The molecule has 0 bridgehead atoms. The first-order valence-corrected chi connectivity index (χ1v) is 6.27. The highest BCUT2D eigenvalue weighted by molar-refractivity contribution is 5.28. The lowest BCUT2D eigenvalue weighted by Gasteiger charge is -2.24. The molecule has 0 amide bonds. The van der Waals surface area contributed by atoms with Crippen molar-refractivity contribution in [3.05, 3.63) is 22.8 Å². The van der Waals surface area contributed by atoms with Crippen LogP contribution in [0, 0.1) is 20.8 Å². The zero-order valence-electron chi connectivity index (χ0n) is 12.2. The number of hydrogen-bond acceptors (Lipinski definition) is 3. The molecule has 0 spiro atoms. The molecule has 0 fully saturated rings. The molecule has 0 saturated heterocycles. The average Bonchev–Trinajstić information content (AvgIpc) is 2.11. The van der Waals surface area contributed by atoms with Gasteiger partial charge in [0.05, 0.1) is 0 Å². The first kappa shape index (κ1) is 14.1. The molecule has 1 atom stereocenters. The van der Waals surface area contributed by atoms with Crippen LogP contribution < -0.4 is 5.32 Å². The van der Waals surface area contributed by atoms with E-state index in [4.69, 9.17) is 0 Å². The van der Waals surface area contributed by atoms with E-state index in [2.05, 4.69) is 56.8 Å². The monoisotopic (exact) mass is 235 g/mol. The molecule has 0 aliphatic rings. The summed E-state index contributed by atoms with van der Waals surface area (Å²) in [5.74, 6) is 1.30. The van der Waals surface area contributed by atoms with E-state index in [1.165, 1.54) is 5.56 Å². The molecule has 0 radical (unpaired) electrons. The van der Waals surface area contributed by atoms with Crippen LogP contribution in [0.1, 0.15) is 56.4 Å². The van der Waals surface area contributed by atoms with Crippen molar-refractivity contribution in [2.45, 2.75) is 59.9 Å². The first-order valence-electron chi connectivity index (χ1n) is 6.27. The molecule has 3 heteroatoms. The van der Waals surface area contributed by atoms with Crippen LogP contribution in [0.3, 0.4) is 0 Å². The topological polar surface area (TPSA) is 37.8 Å². The largest absolute Gasteiger partial charge is 0.311 e. The predicted octanol–water partition coefficient (Wildman–Crippen LogP) is 2.89. The zero-order chi connectivity index (χ0) is 13.2. The van der Waals surface area contributed by atoms with Crippen LogP contribution in [0.15, 0.2) is 0 Å². The van der Waals surface area contributed by atoms with Gasteiger partial charge in [-0.3, -0.25) is 0 Å². The Morgan fingerprint density at radius 1 is 1.06 bits per heavy atom. The van der Waals surface area contributed by atoms with E-state index in [9.17, 15) is 0 Å². The fourth-order valence-electron chi connectivity index (χ4n) is 2.17. The van der Waals surface area contributed by atoms with Crippen LogP contribution in [0.25, 0.3) is 0 Å². The van der Waals surface area contributed by atoms with Crippen molar-refractivity contribution < 1.29 is 0 Å². The van der Waals surface area contributed by atoms with Gasteiger partial charge in [-0.05, 0) is 53.0 Å². The summed E-state index contributed by atoms with van der Waals surface area (Å²) in [6.45, 7) is 15.8. The van der Waals surface area contributed by atoms with Gasteiger partial charge in [0, 0.05) is 23.5 Å². The lowest BCUT2D eigenvalue weighted by Crippen LogP contribution is -2.38. The molecular formula is C14H25N3. The minimum Gasteiger partial charge on any atom is -0.311 e. The predicted molar refractivity (Wildman–Crippen MR) is 72.4 cm³/mol. The fourth-order valence-corrected chi connectivity index (χ4v) is 2.17. The molecule has 1 N–H and O–H groups in total. The minimum atomic E-state index is 0.154. The summed E-state index contributed by atoms with van der Waals surface area (Å²) in [5, 5.41) is 3.53. The number of hydrogen-bond donors (Lipinski definition) is 1. The van der Waals surface area contributed by atoms with E-state index >= 15 is 0 Å². The Balaban J connectivity index is 2.86. The Labute approximate surface area is 105 Å². The third-order valence-electron chi connectivity index (χ3n) is 2.87. The number of nitrogens with zero attached hydrogens (tertiary/aromatic N) is 2. The molecule has 3 nitrogen and oxygen atoms in total. The molecule has 1 aromatic rings. The fraction of sp³-hybridized carbons (Fsp3) is 0.714. The second kappa shape index (κ2) is 5.13. The molecule has 96 valence electrons. The summed E-state index contributed by atoms with van der Waals surface area (Å²) in [7, 11) is 0. The second-order valence-corrected chi connectivity index (χ2v) is 5.89. The van der Waals surface area contributed by atoms with Gasteiger partial charge in [0.2, 0.25) is 0 Å². The number of aryl methyl sites for hydroxylation is 3. The van der Waals surface area contributed by atoms with Gasteiger partial charge in [-0.1, -0.05) is 6.92 Å². The van der Waals surface area contributed by atoms with E-state index in [1.54, 1.807) is 0 Å². The van der Waals surface area contributed by atoms with E-state index < -0.39 is 0 Å². The van der Waals surface area contributed by atoms with Crippen LogP contribution in [-0.2, 0) is 0 Å². The van der Waals surface area contributed by atoms with Gasteiger partial charge < -0.3 is 5.32 Å². The maximum absolute atomic E-state index is 4.46. The van der Waals surface area contributed by atoms with Crippen molar-refractivity contribution in [3.63, 3.8) is 0 Å². The molecule has 0 aromatic carbocycles. The standard InChI is InChI=1S/C14H25N3/c1-9(8-15-14(5,6)7)13-10(2)16-12(4)17-11(13)3/h9,15H,8H2,1-7H3. The average molecular weight is 235 g/mol. The zero-order valence-corrected chi connectivity index (χ0v) is 12.2. The van der Waals surface area contributed by atoms with Gasteiger partial charge in [-0.25, -0.2) is 9.97 Å². The lowest BCUT2D eigenvalue weighted by atomic mass is 9.96. The Kier molecular flexibility index (Phi) is 4.26. The highest BCUT2D eigenvalue weighted by Crippen LogP contribution is 2.21. The molecule has 1 heterocycles. The van der Waals surface area contributed by atoms with Crippen molar-refractivity contribution in [2.75, 3.05) is 6.54 Å². The van der Waals surface area contributed by atoms with E-state index in [0.29, 0.717) is 5.92 Å². The molecule has 17 heavy (non-hydrogen) atoms. The van der Waals surface area contributed by atoms with Gasteiger partial charge >= 0.3 is 0 Å². The molecule has 0 saturated carbocycles. The van der Waals surface area contributed by atoms with Crippen LogP contribution >= 0.6 is 0 Å². The normalized spacial score (nSPS) is 13.8. The van der Waals surface area contributed by atoms with E-state index in [0.717, 1.165) is 23.8 Å². The number of rotatable bonds is 3. The van der Waals surface area contributed by atoms with Crippen LogP contribution in [0.4, 0.5) is 0 Å². The van der Waals surface area contributed by atoms with Gasteiger partial charge in [0.1, 0.15) is 5.82 Å². The van der Waals surface area contributed by atoms with Gasteiger partial charge in [-0.2, -0.15) is 0 Å². The first-order chi connectivity index (χ1) is 7.70. The molecule has 1 aromatic heterocycles. The van der Waals surface area contributed by atoms with Crippen LogP contribution in [-0.4, -0.2) is 22.1 Å². The third kappa shape index (κ3) is 4.08. The third-order valence-corrected chi connectivity index (χ3v) is 2.87. The number of aromatic nitrogens is 2. The Hall–Kier alpha value is -0.960. The molecule has 0 aliphatic carbocycles. The van der Waals surface area contributed by atoms with Crippen molar-refractivity contribution >= 4 is 0 Å². The summed E-state index contributed by atoms with van der Waals surface area (Å²) in [4.78, 5) is 8.92. The van der Waals surface area contributed by atoms with Crippen molar-refractivity contribution in [2.24, 2.45) is 0 Å². The maximum atomic E-state index is 4.46. The second-order valence-electron chi connectivity index (χ2n) is 5.89. The minimum absolute atomic E-state index is 0.154. The highest BCUT2D eigenvalue weighted by Gasteiger charge is 2.17. The molecule has 1 unspecified atom stereocenters. The highest BCUT2D eigenvalue weighted by atomic mass is 14.9. The molecule has 1 rings (SSSR count). The lowest BCUT2D eigenvalue weighted by molar-refractivity contribution is 0.411. The number of nitrogens with one attached hydrogen (secondary N) is 1. The Bertz CT molecular complexity index is 368. The van der Waals surface area contributed by atoms with Gasteiger partial charge in [0.15, 0.2) is 0 Å². The molecule has 0 aliphatic heterocycles. The molecular weight excluding hydrogens is 210 g/mol.